The summed E-state index contributed by atoms with van der Waals surface area (Å²) in [5, 5.41) is 1.07. The molecular weight excluding hydrogens is 614 g/mol. The molecular formula is C36H43N5O5S. The van der Waals surface area contributed by atoms with Crippen LogP contribution in [0.4, 0.5) is 0 Å². The quantitative estimate of drug-likeness (QED) is 0.418. The Hall–Kier alpha value is -3.41. The molecule has 0 bridgehead atoms. The van der Waals surface area contributed by atoms with Crippen molar-refractivity contribution < 1.29 is 22.7 Å². The first-order valence-corrected chi connectivity index (χ1v) is 19.0. The molecule has 2 amide bonds. The van der Waals surface area contributed by atoms with E-state index >= 15 is 4.79 Å². The fraction of sp³-hybridized carbons (Fsp3) is 0.556. The number of benzene rings is 2. The standard InChI is InChI=1S/C36H43N5O5S/c1-46-26-11-13-27-29(20-26)30-21-36(30,35(43)39-18-17-38-14-5-9-25(38)22-39)41-31-19-24(34(42)37-47(44,45)40-15-6-16-40)10-12-28(31)32(33(27)41)23-7-3-2-4-8-23/h10-13,19-20,23,25,30H,2-9,14-18,21-22H2,1H3,(H,37,42)/t25-,30?,36?/m1/s1. The van der Waals surface area contributed by atoms with Crippen molar-refractivity contribution in [1.82, 2.24) is 23.4 Å². The van der Waals surface area contributed by atoms with Crippen LogP contribution in [0.25, 0.3) is 22.2 Å². The van der Waals surface area contributed by atoms with Crippen LogP contribution >= 0.6 is 0 Å². The maximum atomic E-state index is 15.1. The number of carbonyl (C=O) groups is 2. The number of methoxy groups -OCH3 is 1. The van der Waals surface area contributed by atoms with Gasteiger partial charge in [0.05, 0.1) is 18.3 Å². The third-order valence-electron chi connectivity index (χ3n) is 12.1. The molecule has 10 nitrogen and oxygen atoms in total. The molecule has 11 heteroatoms. The third kappa shape index (κ3) is 4.45. The Kier molecular flexibility index (Phi) is 6.83. The van der Waals surface area contributed by atoms with Crippen LogP contribution in [-0.4, -0.2) is 91.3 Å². The molecule has 0 radical (unpaired) electrons. The Labute approximate surface area is 276 Å². The Bertz CT molecular complexity index is 1910. The van der Waals surface area contributed by atoms with E-state index in [2.05, 4.69) is 31.2 Å². The lowest BCUT2D eigenvalue weighted by molar-refractivity contribution is -0.139. The number of nitrogens with one attached hydrogen (secondary N) is 1. The third-order valence-corrected chi connectivity index (χ3v) is 13.6. The highest BCUT2D eigenvalue weighted by molar-refractivity contribution is 7.87. The normalized spacial score (nSPS) is 27.4. The topological polar surface area (TPSA) is 104 Å². The molecule has 5 fully saturated rings. The number of aromatic nitrogens is 1. The number of ether oxygens (including phenoxy) is 1. The number of fused-ring (bicyclic) bond motifs is 9. The van der Waals surface area contributed by atoms with Crippen LogP contribution in [-0.2, 0) is 20.5 Å². The average Bonchev–Trinajstić information content (AvgIpc) is 3.47. The van der Waals surface area contributed by atoms with Crippen molar-refractivity contribution in [1.29, 1.82) is 0 Å². The van der Waals surface area contributed by atoms with E-state index in [4.69, 9.17) is 4.74 Å². The van der Waals surface area contributed by atoms with Crippen molar-refractivity contribution in [2.24, 2.45) is 0 Å². The second-order valence-corrected chi connectivity index (χ2v) is 16.2. The zero-order chi connectivity index (χ0) is 32.1. The molecule has 6 aliphatic rings. The zero-order valence-corrected chi connectivity index (χ0v) is 27.9. The number of amides is 2. The minimum absolute atomic E-state index is 0.00621. The molecule has 1 aromatic heterocycles. The zero-order valence-electron chi connectivity index (χ0n) is 27.0. The molecule has 0 spiro atoms. The molecule has 3 aromatic rings. The van der Waals surface area contributed by atoms with Gasteiger partial charge in [-0.1, -0.05) is 25.3 Å². The van der Waals surface area contributed by atoms with Crippen LogP contribution in [0, 0.1) is 0 Å². The minimum Gasteiger partial charge on any atom is -0.497 e. The van der Waals surface area contributed by atoms with Crippen molar-refractivity contribution in [2.75, 3.05) is 46.4 Å². The largest absolute Gasteiger partial charge is 0.497 e. The van der Waals surface area contributed by atoms with Crippen molar-refractivity contribution in [3.8, 4) is 17.0 Å². The first kappa shape index (κ1) is 29.7. The number of nitrogens with zero attached hydrogens (tertiary/aromatic N) is 4. The lowest BCUT2D eigenvalue weighted by Gasteiger charge is -2.41. The summed E-state index contributed by atoms with van der Waals surface area (Å²) >= 11 is 0. The maximum Gasteiger partial charge on any atom is 0.304 e. The number of carbonyl (C=O) groups excluding carboxylic acids is 2. The Balaban J connectivity index is 1.23. The second kappa shape index (κ2) is 10.8. The first-order chi connectivity index (χ1) is 22.8. The van der Waals surface area contributed by atoms with Gasteiger partial charge in [-0.05, 0) is 92.4 Å². The SMILES string of the molecule is COc1ccc2c(c1)C1CC1(C(=O)N1CCN3CCC[C@@H]3C1)n1c-2c(C2CCCCC2)c2ccc(C(=O)NS(=O)(=O)N3CCC3)cc21. The highest BCUT2D eigenvalue weighted by Gasteiger charge is 2.67. The number of piperazine rings is 1. The maximum absolute atomic E-state index is 15.1. The van der Waals surface area contributed by atoms with Crippen LogP contribution in [0.15, 0.2) is 36.4 Å². The predicted octanol–water partition coefficient (Wildman–Crippen LogP) is 4.55. The van der Waals surface area contributed by atoms with Gasteiger partial charge < -0.3 is 14.2 Å². The van der Waals surface area contributed by atoms with E-state index in [1.54, 1.807) is 13.2 Å². The molecule has 2 aliphatic carbocycles. The molecule has 3 saturated heterocycles. The van der Waals surface area contributed by atoms with E-state index in [0.717, 1.165) is 79.8 Å². The number of rotatable bonds is 6. The fourth-order valence-electron chi connectivity index (χ4n) is 9.53. The monoisotopic (exact) mass is 657 g/mol. The van der Waals surface area contributed by atoms with Gasteiger partial charge in [-0.2, -0.15) is 12.7 Å². The van der Waals surface area contributed by atoms with E-state index < -0.39 is 21.7 Å². The lowest BCUT2D eigenvalue weighted by atomic mass is 9.80. The van der Waals surface area contributed by atoms with Gasteiger partial charge in [0, 0.05) is 61.2 Å². The van der Waals surface area contributed by atoms with Crippen LogP contribution in [0.2, 0.25) is 0 Å². The van der Waals surface area contributed by atoms with Gasteiger partial charge in [0.2, 0.25) is 5.91 Å². The van der Waals surface area contributed by atoms with Crippen LogP contribution < -0.4 is 9.46 Å². The summed E-state index contributed by atoms with van der Waals surface area (Å²) in [6.45, 7) is 4.34. The summed E-state index contributed by atoms with van der Waals surface area (Å²) in [4.78, 5) is 33.3. The summed E-state index contributed by atoms with van der Waals surface area (Å²) in [5.41, 5.74) is 5.02. The Morgan fingerprint density at radius 1 is 0.915 bits per heavy atom. The lowest BCUT2D eigenvalue weighted by Crippen LogP contribution is -2.55. The molecule has 2 aromatic carbocycles. The van der Waals surface area contributed by atoms with Gasteiger partial charge in [-0.15, -0.1) is 0 Å². The Morgan fingerprint density at radius 2 is 1.74 bits per heavy atom. The van der Waals surface area contributed by atoms with Crippen molar-refractivity contribution >= 4 is 32.9 Å². The summed E-state index contributed by atoms with van der Waals surface area (Å²) in [6, 6.07) is 12.3. The van der Waals surface area contributed by atoms with Gasteiger partial charge in [0.15, 0.2) is 0 Å². The molecule has 3 atom stereocenters. The molecule has 5 heterocycles. The van der Waals surface area contributed by atoms with Crippen LogP contribution in [0.3, 0.4) is 0 Å². The van der Waals surface area contributed by atoms with Gasteiger partial charge in [0.25, 0.3) is 5.91 Å². The van der Waals surface area contributed by atoms with Crippen LogP contribution in [0.5, 0.6) is 5.75 Å². The molecule has 4 aliphatic heterocycles. The van der Waals surface area contributed by atoms with Gasteiger partial charge >= 0.3 is 10.2 Å². The molecule has 1 N–H and O–H groups in total. The molecule has 2 unspecified atom stereocenters. The highest BCUT2D eigenvalue weighted by atomic mass is 32.2. The van der Waals surface area contributed by atoms with Gasteiger partial charge in [0.1, 0.15) is 11.3 Å². The van der Waals surface area contributed by atoms with E-state index in [1.807, 2.05) is 18.2 Å². The van der Waals surface area contributed by atoms with Crippen molar-refractivity contribution in [3.05, 3.63) is 53.1 Å². The first-order valence-electron chi connectivity index (χ1n) is 17.5. The van der Waals surface area contributed by atoms with Crippen molar-refractivity contribution in [2.45, 2.75) is 81.2 Å². The van der Waals surface area contributed by atoms with Gasteiger partial charge in [-0.3, -0.25) is 14.5 Å². The van der Waals surface area contributed by atoms with Gasteiger partial charge in [-0.25, -0.2) is 4.72 Å². The smallest absolute Gasteiger partial charge is 0.304 e. The number of hydrogen-bond donors (Lipinski definition) is 1. The second-order valence-electron chi connectivity index (χ2n) is 14.6. The fourth-order valence-corrected chi connectivity index (χ4v) is 10.7. The molecule has 248 valence electrons. The van der Waals surface area contributed by atoms with E-state index in [0.29, 0.717) is 31.5 Å². The highest BCUT2D eigenvalue weighted by Crippen LogP contribution is 2.67. The Morgan fingerprint density at radius 3 is 2.51 bits per heavy atom. The molecule has 2 saturated carbocycles. The molecule has 47 heavy (non-hydrogen) atoms. The summed E-state index contributed by atoms with van der Waals surface area (Å²) in [6.07, 6.45) is 9.53. The van der Waals surface area contributed by atoms with E-state index in [9.17, 15) is 13.2 Å². The summed E-state index contributed by atoms with van der Waals surface area (Å²) < 4.78 is 37.3. The minimum atomic E-state index is -3.90. The summed E-state index contributed by atoms with van der Waals surface area (Å²) in [5.74, 6) is 0.662. The predicted molar refractivity (Wildman–Crippen MR) is 179 cm³/mol. The van der Waals surface area contributed by atoms with Crippen LogP contribution in [0.1, 0.15) is 91.1 Å². The van der Waals surface area contributed by atoms with Crippen molar-refractivity contribution in [3.63, 3.8) is 0 Å². The van der Waals surface area contributed by atoms with E-state index in [1.165, 1.54) is 41.1 Å². The number of hydrogen-bond acceptors (Lipinski definition) is 6. The van der Waals surface area contributed by atoms with E-state index in [-0.39, 0.29) is 17.4 Å². The molecule has 9 rings (SSSR count). The average molecular weight is 658 g/mol. The summed E-state index contributed by atoms with van der Waals surface area (Å²) in [7, 11) is -2.21.